The van der Waals surface area contributed by atoms with Crippen LogP contribution in [0.25, 0.3) is 0 Å². The normalized spacial score (nSPS) is 14.6. The van der Waals surface area contributed by atoms with Gasteiger partial charge in [0.2, 0.25) is 0 Å². The molecule has 5 nitrogen and oxygen atoms in total. The Labute approximate surface area is 124 Å². The Morgan fingerprint density at radius 2 is 1.95 bits per heavy atom. The number of hydrogen-bond donors (Lipinski definition) is 1. The van der Waals surface area contributed by atoms with Crippen LogP contribution in [0.4, 0.5) is 10.5 Å². The molecule has 5 heteroatoms. The molecule has 0 atom stereocenters. The van der Waals surface area contributed by atoms with Gasteiger partial charge in [-0.05, 0) is 63.8 Å². The molecule has 0 radical (unpaired) electrons. The Morgan fingerprint density at radius 3 is 2.52 bits per heavy atom. The third-order valence-corrected chi connectivity index (χ3v) is 3.34. The van der Waals surface area contributed by atoms with Crippen LogP contribution in [0.3, 0.4) is 0 Å². The first-order chi connectivity index (χ1) is 9.69. The number of ether oxygens (including phenoxy) is 1. The zero-order valence-electron chi connectivity index (χ0n) is 12.9. The summed E-state index contributed by atoms with van der Waals surface area (Å²) in [6.45, 7) is 7.91. The molecule has 21 heavy (non-hydrogen) atoms. The molecule has 0 fully saturated rings. The van der Waals surface area contributed by atoms with Crippen LogP contribution in [0, 0.1) is 6.92 Å². The van der Waals surface area contributed by atoms with E-state index in [0.29, 0.717) is 6.54 Å². The molecule has 0 spiro atoms. The van der Waals surface area contributed by atoms with Crippen molar-refractivity contribution in [2.75, 3.05) is 11.4 Å². The second-order valence-electron chi connectivity index (χ2n) is 6.34. The first-order valence-electron chi connectivity index (χ1n) is 7.06. The minimum absolute atomic E-state index is 0.261. The molecule has 1 aliphatic heterocycles. The van der Waals surface area contributed by atoms with Gasteiger partial charge in [0.15, 0.2) is 0 Å². The van der Waals surface area contributed by atoms with E-state index in [9.17, 15) is 9.59 Å². The van der Waals surface area contributed by atoms with E-state index in [1.165, 1.54) is 0 Å². The van der Waals surface area contributed by atoms with Crippen LogP contribution < -0.4 is 4.90 Å². The van der Waals surface area contributed by atoms with Crippen molar-refractivity contribution in [2.45, 2.75) is 46.1 Å². The van der Waals surface area contributed by atoms with Gasteiger partial charge in [-0.2, -0.15) is 0 Å². The third-order valence-electron chi connectivity index (χ3n) is 3.34. The van der Waals surface area contributed by atoms with Crippen molar-refractivity contribution in [2.24, 2.45) is 0 Å². The van der Waals surface area contributed by atoms with Crippen LogP contribution in [0.5, 0.6) is 0 Å². The minimum atomic E-state index is -0.949. The molecule has 1 heterocycles. The number of hydrogen-bond acceptors (Lipinski definition) is 3. The Balaban J connectivity index is 2.40. The molecule has 114 valence electrons. The molecule has 1 amide bonds. The van der Waals surface area contributed by atoms with Crippen LogP contribution in [-0.4, -0.2) is 29.3 Å². The van der Waals surface area contributed by atoms with Crippen molar-refractivity contribution in [3.8, 4) is 0 Å². The van der Waals surface area contributed by atoms with Gasteiger partial charge in [-0.25, -0.2) is 9.59 Å². The maximum atomic E-state index is 12.3. The lowest BCUT2D eigenvalue weighted by Crippen LogP contribution is -2.40. The Bertz CT molecular complexity index is 587. The molecule has 0 bridgehead atoms. The second kappa shape index (κ2) is 5.39. The van der Waals surface area contributed by atoms with Crippen LogP contribution in [0.1, 0.15) is 48.7 Å². The number of benzene rings is 1. The summed E-state index contributed by atoms with van der Waals surface area (Å²) in [7, 11) is 0. The van der Waals surface area contributed by atoms with E-state index in [0.717, 1.165) is 29.7 Å². The number of nitrogens with zero attached hydrogens (tertiary/aromatic N) is 1. The lowest BCUT2D eigenvalue weighted by molar-refractivity contribution is 0.0577. The topological polar surface area (TPSA) is 66.8 Å². The van der Waals surface area contributed by atoms with Crippen molar-refractivity contribution >= 4 is 17.7 Å². The molecular formula is C16H21NO4. The number of anilines is 1. The minimum Gasteiger partial charge on any atom is -0.478 e. The van der Waals surface area contributed by atoms with Crippen LogP contribution in [0.15, 0.2) is 12.1 Å². The van der Waals surface area contributed by atoms with Crippen LogP contribution >= 0.6 is 0 Å². The van der Waals surface area contributed by atoms with Gasteiger partial charge in [0.25, 0.3) is 0 Å². The molecular weight excluding hydrogens is 270 g/mol. The molecule has 0 saturated heterocycles. The SMILES string of the molecule is Cc1cc(C(=O)O)cc2c1N(C(=O)OC(C)(C)C)CCC2. The highest BCUT2D eigenvalue weighted by atomic mass is 16.6. The van der Waals surface area contributed by atoms with E-state index in [-0.39, 0.29) is 11.7 Å². The Hall–Kier alpha value is -2.04. The number of aryl methyl sites for hydroxylation is 2. The lowest BCUT2D eigenvalue weighted by Gasteiger charge is -2.33. The first kappa shape index (κ1) is 15.4. The molecule has 0 saturated carbocycles. The zero-order chi connectivity index (χ0) is 15.8. The number of rotatable bonds is 1. The standard InChI is InChI=1S/C16H21NO4/c1-10-8-12(14(18)19)9-11-6-5-7-17(13(10)11)15(20)21-16(2,3)4/h8-9H,5-7H2,1-4H3,(H,18,19). The van der Waals surface area contributed by atoms with E-state index in [4.69, 9.17) is 9.84 Å². The molecule has 0 aliphatic carbocycles. The maximum Gasteiger partial charge on any atom is 0.414 e. The van der Waals surface area contributed by atoms with E-state index >= 15 is 0 Å². The summed E-state index contributed by atoms with van der Waals surface area (Å²) in [4.78, 5) is 25.1. The number of carbonyl (C=O) groups excluding carboxylic acids is 1. The zero-order valence-corrected chi connectivity index (χ0v) is 12.9. The third kappa shape index (κ3) is 3.35. The molecule has 1 aliphatic rings. The molecule has 0 aromatic heterocycles. The number of aromatic carboxylic acids is 1. The van der Waals surface area contributed by atoms with Gasteiger partial charge in [-0.15, -0.1) is 0 Å². The highest BCUT2D eigenvalue weighted by molar-refractivity contribution is 5.94. The van der Waals surface area contributed by atoms with Gasteiger partial charge in [0.05, 0.1) is 11.3 Å². The highest BCUT2D eigenvalue weighted by Gasteiger charge is 2.29. The Morgan fingerprint density at radius 1 is 1.29 bits per heavy atom. The maximum absolute atomic E-state index is 12.3. The average molecular weight is 291 g/mol. The highest BCUT2D eigenvalue weighted by Crippen LogP contribution is 2.33. The van der Waals surface area contributed by atoms with Crippen molar-refractivity contribution in [1.29, 1.82) is 0 Å². The van der Waals surface area contributed by atoms with Crippen molar-refractivity contribution in [3.05, 3.63) is 28.8 Å². The number of carboxylic acid groups (broad SMARTS) is 1. The summed E-state index contributed by atoms with van der Waals surface area (Å²) in [6, 6.07) is 3.26. The quantitative estimate of drug-likeness (QED) is 0.861. The fraction of sp³-hybridized carbons (Fsp3) is 0.500. The van der Waals surface area contributed by atoms with Crippen LogP contribution in [0.2, 0.25) is 0 Å². The predicted molar refractivity (Wildman–Crippen MR) is 80.0 cm³/mol. The fourth-order valence-corrected chi connectivity index (χ4v) is 2.59. The number of fused-ring (bicyclic) bond motifs is 1. The number of amides is 1. The van der Waals surface area contributed by atoms with Crippen molar-refractivity contribution < 1.29 is 19.4 Å². The lowest BCUT2D eigenvalue weighted by atomic mass is 9.96. The van der Waals surface area contributed by atoms with Crippen LogP contribution in [-0.2, 0) is 11.2 Å². The number of carbonyl (C=O) groups is 2. The summed E-state index contributed by atoms with van der Waals surface area (Å²) in [5, 5.41) is 9.13. The molecule has 1 aromatic rings. The van der Waals surface area contributed by atoms with Gasteiger partial charge < -0.3 is 9.84 Å². The van der Waals surface area contributed by atoms with E-state index in [1.807, 2.05) is 27.7 Å². The van der Waals surface area contributed by atoms with Gasteiger partial charge in [0, 0.05) is 6.54 Å². The van der Waals surface area contributed by atoms with Gasteiger partial charge >= 0.3 is 12.1 Å². The van der Waals surface area contributed by atoms with E-state index in [1.54, 1.807) is 17.0 Å². The molecule has 2 rings (SSSR count). The second-order valence-corrected chi connectivity index (χ2v) is 6.34. The smallest absolute Gasteiger partial charge is 0.414 e. The van der Waals surface area contributed by atoms with Gasteiger partial charge in [0.1, 0.15) is 5.60 Å². The van der Waals surface area contributed by atoms with Crippen molar-refractivity contribution in [1.82, 2.24) is 0 Å². The van der Waals surface area contributed by atoms with Crippen molar-refractivity contribution in [3.63, 3.8) is 0 Å². The van der Waals surface area contributed by atoms with Gasteiger partial charge in [-0.1, -0.05) is 0 Å². The monoisotopic (exact) mass is 291 g/mol. The number of carboxylic acids is 1. The average Bonchev–Trinajstić information content (AvgIpc) is 2.35. The van der Waals surface area contributed by atoms with Gasteiger partial charge in [-0.3, -0.25) is 4.90 Å². The first-order valence-corrected chi connectivity index (χ1v) is 7.06. The summed E-state index contributed by atoms with van der Waals surface area (Å²) >= 11 is 0. The predicted octanol–water partition coefficient (Wildman–Crippen LogP) is 3.38. The van der Waals surface area contributed by atoms with E-state index in [2.05, 4.69) is 0 Å². The largest absolute Gasteiger partial charge is 0.478 e. The Kier molecular flexibility index (Phi) is 3.94. The molecule has 0 unspecified atom stereocenters. The summed E-state index contributed by atoms with van der Waals surface area (Å²) < 4.78 is 5.44. The fourth-order valence-electron chi connectivity index (χ4n) is 2.59. The summed E-state index contributed by atoms with van der Waals surface area (Å²) in [5.74, 6) is -0.949. The molecule has 1 aromatic carbocycles. The molecule has 1 N–H and O–H groups in total. The summed E-state index contributed by atoms with van der Waals surface area (Å²) in [5.41, 5.74) is 2.18. The summed E-state index contributed by atoms with van der Waals surface area (Å²) in [6.07, 6.45) is 1.19. The van der Waals surface area contributed by atoms with E-state index < -0.39 is 11.6 Å².